The number of ether oxygens (including phenoxy) is 5. The van der Waals surface area contributed by atoms with E-state index >= 15 is 0 Å². The standard InChI is InChI=1S/C19H22O6/c1-21-14-7-5-12(10-16(14)23-3)17-13(20)9-11-6-8-15(22-2)19(24-4)18(11)25-17/h5-8,10,13,17,20H,9H2,1-4H3/t13-,17-/m1/s1. The van der Waals surface area contributed by atoms with Crippen molar-refractivity contribution in [1.82, 2.24) is 0 Å². The molecule has 0 bridgehead atoms. The summed E-state index contributed by atoms with van der Waals surface area (Å²) in [4.78, 5) is 0. The molecule has 0 saturated heterocycles. The molecule has 25 heavy (non-hydrogen) atoms. The fourth-order valence-corrected chi connectivity index (χ4v) is 3.09. The van der Waals surface area contributed by atoms with Crippen LogP contribution < -0.4 is 23.7 Å². The van der Waals surface area contributed by atoms with Crippen molar-refractivity contribution in [3.63, 3.8) is 0 Å². The maximum absolute atomic E-state index is 10.6. The molecule has 1 aliphatic heterocycles. The SMILES string of the molecule is COc1ccc([C@H]2Oc3c(ccc(OC)c3OC)C[C@H]2O)cc1OC. The number of benzene rings is 2. The minimum Gasteiger partial charge on any atom is -0.493 e. The highest BCUT2D eigenvalue weighted by Crippen LogP contribution is 2.46. The summed E-state index contributed by atoms with van der Waals surface area (Å²) >= 11 is 0. The summed E-state index contributed by atoms with van der Waals surface area (Å²) in [6, 6.07) is 9.15. The third-order valence-electron chi connectivity index (χ3n) is 4.34. The Balaban J connectivity index is 2.01. The number of hydrogen-bond acceptors (Lipinski definition) is 6. The summed E-state index contributed by atoms with van der Waals surface area (Å²) in [7, 11) is 6.30. The summed E-state index contributed by atoms with van der Waals surface area (Å²) in [5, 5.41) is 10.6. The van der Waals surface area contributed by atoms with E-state index < -0.39 is 12.2 Å². The third-order valence-corrected chi connectivity index (χ3v) is 4.34. The highest BCUT2D eigenvalue weighted by molar-refractivity contribution is 5.57. The highest BCUT2D eigenvalue weighted by atomic mass is 16.5. The molecule has 0 saturated carbocycles. The van der Waals surface area contributed by atoms with Gasteiger partial charge in [-0.05, 0) is 23.8 Å². The van der Waals surface area contributed by atoms with Crippen LogP contribution in [0.1, 0.15) is 17.2 Å². The zero-order chi connectivity index (χ0) is 18.0. The van der Waals surface area contributed by atoms with E-state index in [0.717, 1.165) is 11.1 Å². The lowest BCUT2D eigenvalue weighted by Crippen LogP contribution is -2.30. The first-order valence-corrected chi connectivity index (χ1v) is 7.93. The Bertz CT molecular complexity index is 758. The average molecular weight is 346 g/mol. The maximum Gasteiger partial charge on any atom is 0.203 e. The molecule has 1 heterocycles. The Morgan fingerprint density at radius 2 is 1.56 bits per heavy atom. The van der Waals surface area contributed by atoms with Crippen molar-refractivity contribution in [2.24, 2.45) is 0 Å². The molecule has 3 rings (SSSR count). The zero-order valence-corrected chi connectivity index (χ0v) is 14.7. The van der Waals surface area contributed by atoms with Gasteiger partial charge in [-0.3, -0.25) is 0 Å². The molecule has 1 aliphatic rings. The average Bonchev–Trinajstić information content (AvgIpc) is 2.65. The first-order chi connectivity index (χ1) is 12.1. The molecule has 134 valence electrons. The second-order valence-electron chi connectivity index (χ2n) is 5.71. The van der Waals surface area contributed by atoms with Crippen LogP contribution in [0.3, 0.4) is 0 Å². The lowest BCUT2D eigenvalue weighted by Gasteiger charge is -2.32. The molecule has 6 nitrogen and oxygen atoms in total. The van der Waals surface area contributed by atoms with E-state index in [9.17, 15) is 5.11 Å². The van der Waals surface area contributed by atoms with Crippen LogP contribution in [0.2, 0.25) is 0 Å². The topological polar surface area (TPSA) is 66.4 Å². The molecule has 0 fully saturated rings. The van der Waals surface area contributed by atoms with Crippen LogP contribution in [0.5, 0.6) is 28.7 Å². The Hall–Kier alpha value is -2.60. The van der Waals surface area contributed by atoms with Crippen LogP contribution in [0.25, 0.3) is 0 Å². The van der Waals surface area contributed by atoms with Crippen LogP contribution in [0.15, 0.2) is 30.3 Å². The smallest absolute Gasteiger partial charge is 0.203 e. The van der Waals surface area contributed by atoms with Gasteiger partial charge in [0.25, 0.3) is 0 Å². The monoisotopic (exact) mass is 346 g/mol. The summed E-state index contributed by atoms with van der Waals surface area (Å²) in [6.07, 6.45) is -0.786. The summed E-state index contributed by atoms with van der Waals surface area (Å²) in [5.41, 5.74) is 1.67. The normalized spacial score (nSPS) is 18.8. The largest absolute Gasteiger partial charge is 0.493 e. The number of aliphatic hydroxyl groups is 1. The predicted octanol–water partition coefficient (Wildman–Crippen LogP) is 2.76. The second kappa shape index (κ2) is 7.11. The van der Waals surface area contributed by atoms with Gasteiger partial charge in [0.1, 0.15) is 0 Å². The quantitative estimate of drug-likeness (QED) is 0.898. The van der Waals surface area contributed by atoms with Gasteiger partial charge in [-0.15, -0.1) is 0 Å². The van der Waals surface area contributed by atoms with Gasteiger partial charge in [0.2, 0.25) is 5.75 Å². The zero-order valence-electron chi connectivity index (χ0n) is 14.7. The third kappa shape index (κ3) is 3.05. The molecule has 0 radical (unpaired) electrons. The van der Waals surface area contributed by atoms with Crippen molar-refractivity contribution in [3.05, 3.63) is 41.5 Å². The van der Waals surface area contributed by atoms with Crippen LogP contribution >= 0.6 is 0 Å². The molecule has 0 aliphatic carbocycles. The van der Waals surface area contributed by atoms with E-state index in [2.05, 4.69) is 0 Å². The fraction of sp³-hybridized carbons (Fsp3) is 0.368. The van der Waals surface area contributed by atoms with E-state index in [1.54, 1.807) is 34.5 Å². The second-order valence-corrected chi connectivity index (χ2v) is 5.71. The van der Waals surface area contributed by atoms with Gasteiger partial charge >= 0.3 is 0 Å². The Morgan fingerprint density at radius 3 is 2.20 bits per heavy atom. The van der Waals surface area contributed by atoms with Gasteiger partial charge in [0.15, 0.2) is 29.1 Å². The molecule has 2 aromatic carbocycles. The van der Waals surface area contributed by atoms with Gasteiger partial charge in [0.05, 0.1) is 34.5 Å². The Kier molecular flexibility index (Phi) is 4.90. The van der Waals surface area contributed by atoms with Gasteiger partial charge < -0.3 is 28.8 Å². The Labute approximate surface area is 146 Å². The van der Waals surface area contributed by atoms with Crippen molar-refractivity contribution in [2.45, 2.75) is 18.6 Å². The number of methoxy groups -OCH3 is 4. The van der Waals surface area contributed by atoms with Crippen LogP contribution in [0, 0.1) is 0 Å². The van der Waals surface area contributed by atoms with Crippen molar-refractivity contribution < 1.29 is 28.8 Å². The van der Waals surface area contributed by atoms with Crippen molar-refractivity contribution in [2.75, 3.05) is 28.4 Å². The number of rotatable bonds is 5. The minimum absolute atomic E-state index is 0.453. The van der Waals surface area contributed by atoms with Crippen LogP contribution in [-0.4, -0.2) is 39.6 Å². The first kappa shape index (κ1) is 17.2. The molecule has 2 aromatic rings. The lowest BCUT2D eigenvalue weighted by atomic mass is 9.94. The van der Waals surface area contributed by atoms with E-state index in [4.69, 9.17) is 23.7 Å². The predicted molar refractivity (Wildman–Crippen MR) is 92.2 cm³/mol. The molecular formula is C19H22O6. The van der Waals surface area contributed by atoms with Crippen molar-refractivity contribution in [3.8, 4) is 28.7 Å². The van der Waals surface area contributed by atoms with E-state index in [1.807, 2.05) is 24.3 Å². The summed E-state index contributed by atoms with van der Waals surface area (Å²) in [5.74, 6) is 2.91. The molecule has 0 aromatic heterocycles. The minimum atomic E-state index is -0.691. The Morgan fingerprint density at radius 1 is 0.880 bits per heavy atom. The maximum atomic E-state index is 10.6. The van der Waals surface area contributed by atoms with Crippen molar-refractivity contribution in [1.29, 1.82) is 0 Å². The molecule has 0 unspecified atom stereocenters. The van der Waals surface area contributed by atoms with Crippen molar-refractivity contribution >= 4 is 0 Å². The number of aliphatic hydroxyl groups excluding tert-OH is 1. The van der Waals surface area contributed by atoms with Gasteiger partial charge in [-0.2, -0.15) is 0 Å². The van der Waals surface area contributed by atoms with E-state index in [0.29, 0.717) is 35.2 Å². The molecule has 0 amide bonds. The van der Waals surface area contributed by atoms with E-state index in [-0.39, 0.29) is 0 Å². The fourth-order valence-electron chi connectivity index (χ4n) is 3.09. The first-order valence-electron chi connectivity index (χ1n) is 7.93. The lowest BCUT2D eigenvalue weighted by molar-refractivity contribution is 0.0186. The molecule has 0 spiro atoms. The van der Waals surface area contributed by atoms with Crippen LogP contribution in [0.4, 0.5) is 0 Å². The van der Waals surface area contributed by atoms with Gasteiger partial charge in [-0.25, -0.2) is 0 Å². The molecular weight excluding hydrogens is 324 g/mol. The number of hydrogen-bond donors (Lipinski definition) is 1. The number of fused-ring (bicyclic) bond motifs is 1. The van der Waals surface area contributed by atoms with Gasteiger partial charge in [-0.1, -0.05) is 12.1 Å². The van der Waals surface area contributed by atoms with E-state index in [1.165, 1.54) is 0 Å². The molecule has 2 atom stereocenters. The molecule has 6 heteroatoms. The van der Waals surface area contributed by atoms with Crippen LogP contribution in [-0.2, 0) is 6.42 Å². The van der Waals surface area contributed by atoms with Gasteiger partial charge in [0, 0.05) is 12.0 Å². The highest BCUT2D eigenvalue weighted by Gasteiger charge is 2.33. The summed E-state index contributed by atoms with van der Waals surface area (Å²) < 4.78 is 27.5. The molecule has 1 N–H and O–H groups in total. The summed E-state index contributed by atoms with van der Waals surface area (Å²) in [6.45, 7) is 0.